The molecule has 0 saturated carbocycles. The number of aromatic amines is 2. The highest BCUT2D eigenvalue weighted by molar-refractivity contribution is 5.76. The van der Waals surface area contributed by atoms with E-state index in [1.165, 1.54) is 6.33 Å². The van der Waals surface area contributed by atoms with Crippen molar-refractivity contribution >= 4 is 23.0 Å². The van der Waals surface area contributed by atoms with Gasteiger partial charge in [0.15, 0.2) is 11.6 Å². The van der Waals surface area contributed by atoms with Gasteiger partial charge >= 0.3 is 0 Å². The molecular weight excluding hydrogens is 486 g/mol. The molecule has 6 rings (SSSR count). The van der Waals surface area contributed by atoms with E-state index in [4.69, 9.17) is 32.4 Å². The number of nitrogens with zero attached hydrogens (tertiary/aromatic N) is 5. The molecule has 2 aromatic heterocycles. The maximum Gasteiger partial charge on any atom is 0.243 e. The first-order valence-corrected chi connectivity index (χ1v) is 11.3. The van der Waals surface area contributed by atoms with Gasteiger partial charge in [0.25, 0.3) is 0 Å². The first-order chi connectivity index (χ1) is 18.5. The number of nitrogens with one attached hydrogen (secondary N) is 2. The highest BCUT2D eigenvalue weighted by Crippen LogP contribution is 2.40. The van der Waals surface area contributed by atoms with Gasteiger partial charge in [0, 0.05) is 34.9 Å². The third-order valence-electron chi connectivity index (χ3n) is 5.73. The predicted octanol–water partition coefficient (Wildman–Crippen LogP) is 3.67. The van der Waals surface area contributed by atoms with Gasteiger partial charge in [-0.1, -0.05) is 24.3 Å². The normalized spacial score (nSPS) is 11.1. The summed E-state index contributed by atoms with van der Waals surface area (Å²) in [6.07, 6.45) is 4.43. The molecule has 0 radical (unpaired) electrons. The molecule has 188 valence electrons. The number of rotatable bonds is 6. The van der Waals surface area contributed by atoms with Gasteiger partial charge in [0.05, 0.1) is 11.1 Å². The highest BCUT2D eigenvalue weighted by atomic mass is 16.5. The number of hydrogen-bond acceptors (Lipinski definition) is 11. The van der Waals surface area contributed by atoms with E-state index in [0.29, 0.717) is 45.3 Å². The minimum Gasteiger partial charge on any atom is -0.418 e. The summed E-state index contributed by atoms with van der Waals surface area (Å²) in [4.78, 5) is 27.6. The molecule has 38 heavy (non-hydrogen) atoms. The molecule has 0 spiro atoms. The lowest BCUT2D eigenvalue weighted by molar-refractivity contribution is 0.452. The second kappa shape index (κ2) is 8.98. The van der Waals surface area contributed by atoms with Gasteiger partial charge in [0.2, 0.25) is 23.5 Å². The minimum atomic E-state index is 0.131. The van der Waals surface area contributed by atoms with Crippen LogP contribution in [0, 0.1) is 0 Å². The predicted molar refractivity (Wildman–Crippen MR) is 142 cm³/mol. The molecule has 0 fully saturated rings. The fourth-order valence-corrected chi connectivity index (χ4v) is 3.87. The molecule has 2 aromatic carbocycles. The van der Waals surface area contributed by atoms with Gasteiger partial charge < -0.3 is 42.4 Å². The Morgan fingerprint density at radius 1 is 0.579 bits per heavy atom. The molecule has 13 nitrogen and oxygen atoms in total. The van der Waals surface area contributed by atoms with E-state index < -0.39 is 0 Å². The third kappa shape index (κ3) is 3.99. The Kier molecular flexibility index (Phi) is 5.34. The number of anilines is 4. The van der Waals surface area contributed by atoms with Gasteiger partial charge in [0.1, 0.15) is 18.0 Å². The number of nitrogens with two attached hydrogens (primary N) is 4. The average molecular weight is 508 g/mol. The van der Waals surface area contributed by atoms with E-state index in [1.54, 1.807) is 24.5 Å². The maximum absolute atomic E-state index is 6.11. The van der Waals surface area contributed by atoms with Crippen molar-refractivity contribution in [2.24, 2.45) is 0 Å². The summed E-state index contributed by atoms with van der Waals surface area (Å²) >= 11 is 0. The number of H-pyrrole nitrogens is 2. The second-order valence-electron chi connectivity index (χ2n) is 8.20. The Balaban J connectivity index is 1.30. The van der Waals surface area contributed by atoms with Crippen LogP contribution < -0.4 is 32.4 Å². The summed E-state index contributed by atoms with van der Waals surface area (Å²) in [6, 6.07) is 14.5. The Hall–Kier alpha value is -5.85. The lowest BCUT2D eigenvalue weighted by atomic mass is 10.2. The van der Waals surface area contributed by atoms with E-state index in [0.717, 1.165) is 0 Å². The van der Waals surface area contributed by atoms with Crippen molar-refractivity contribution in [1.29, 1.82) is 0 Å². The van der Waals surface area contributed by atoms with Crippen LogP contribution in [0.1, 0.15) is 0 Å². The Bertz CT molecular complexity index is 1620. The number of para-hydroxylation sites is 2. The summed E-state index contributed by atoms with van der Waals surface area (Å²) in [5.74, 6) is 1.91. The zero-order valence-electron chi connectivity index (χ0n) is 19.7. The Labute approximate surface area is 215 Å². The average Bonchev–Trinajstić information content (AvgIpc) is 3.60. The van der Waals surface area contributed by atoms with Crippen molar-refractivity contribution in [3.05, 3.63) is 67.3 Å². The van der Waals surface area contributed by atoms with Crippen LogP contribution >= 0.6 is 0 Å². The number of ether oxygens (including phenoxy) is 2. The Morgan fingerprint density at radius 2 is 1.03 bits per heavy atom. The first kappa shape index (κ1) is 22.6. The smallest absolute Gasteiger partial charge is 0.243 e. The van der Waals surface area contributed by atoms with Crippen LogP contribution in [0.2, 0.25) is 0 Å². The van der Waals surface area contributed by atoms with E-state index in [-0.39, 0.29) is 35.2 Å². The highest BCUT2D eigenvalue weighted by Gasteiger charge is 2.22. The van der Waals surface area contributed by atoms with Gasteiger partial charge in [-0.3, -0.25) is 4.98 Å². The summed E-state index contributed by atoms with van der Waals surface area (Å²) in [7, 11) is 0. The number of nitrogen functional groups attached to an aromatic ring is 4. The topological polar surface area (TPSA) is 219 Å². The van der Waals surface area contributed by atoms with Crippen molar-refractivity contribution in [2.45, 2.75) is 0 Å². The van der Waals surface area contributed by atoms with Crippen LogP contribution in [-0.4, -0.2) is 34.9 Å². The molecule has 13 heteroatoms. The summed E-state index contributed by atoms with van der Waals surface area (Å²) in [5, 5.41) is 0. The number of imidazole rings is 2. The molecular formula is C25H21N11O2. The molecule has 4 aromatic rings. The fraction of sp³-hybridized carbons (Fsp3) is 0. The minimum absolute atomic E-state index is 0.131. The molecule has 0 bridgehead atoms. The SMILES string of the molecule is Nc1ccccc1-c1nc(N)c(Oc2ncnc(Oc3[nH]c(-c4ccccc4N)nc3N)c3cncc2-3)[nH]1. The van der Waals surface area contributed by atoms with E-state index in [2.05, 4.69) is 34.9 Å². The first-order valence-electron chi connectivity index (χ1n) is 11.3. The van der Waals surface area contributed by atoms with Crippen LogP contribution in [0.4, 0.5) is 23.0 Å². The molecule has 0 amide bonds. The largest absolute Gasteiger partial charge is 0.418 e. The summed E-state index contributed by atoms with van der Waals surface area (Å²) in [5.41, 5.74) is 27.8. The molecule has 0 aliphatic carbocycles. The van der Waals surface area contributed by atoms with Crippen molar-refractivity contribution in [2.75, 3.05) is 22.9 Å². The lowest BCUT2D eigenvalue weighted by Crippen LogP contribution is -1.94. The molecule has 0 atom stereocenters. The van der Waals surface area contributed by atoms with Crippen molar-refractivity contribution < 1.29 is 9.47 Å². The zero-order chi connectivity index (χ0) is 26.2. The van der Waals surface area contributed by atoms with Gasteiger partial charge in [-0.15, -0.1) is 0 Å². The molecule has 2 aliphatic rings. The van der Waals surface area contributed by atoms with Gasteiger partial charge in [-0.2, -0.15) is 0 Å². The van der Waals surface area contributed by atoms with Crippen LogP contribution in [0.5, 0.6) is 23.5 Å². The van der Waals surface area contributed by atoms with Crippen molar-refractivity contribution in [3.63, 3.8) is 0 Å². The van der Waals surface area contributed by atoms with Crippen LogP contribution in [0.25, 0.3) is 33.9 Å². The molecule has 10 N–H and O–H groups in total. The molecule has 0 unspecified atom stereocenters. The molecule has 4 heterocycles. The van der Waals surface area contributed by atoms with E-state index in [9.17, 15) is 0 Å². The zero-order valence-corrected chi connectivity index (χ0v) is 19.7. The summed E-state index contributed by atoms with van der Waals surface area (Å²) in [6.45, 7) is 0. The lowest BCUT2D eigenvalue weighted by Gasteiger charge is -2.06. The second-order valence-corrected chi connectivity index (χ2v) is 8.20. The number of aromatic nitrogens is 7. The quantitative estimate of drug-likeness (QED) is 0.179. The Morgan fingerprint density at radius 3 is 1.47 bits per heavy atom. The van der Waals surface area contributed by atoms with Crippen molar-refractivity contribution in [1.82, 2.24) is 34.9 Å². The van der Waals surface area contributed by atoms with E-state index >= 15 is 0 Å². The van der Waals surface area contributed by atoms with Gasteiger partial charge in [-0.05, 0) is 24.3 Å². The monoisotopic (exact) mass is 507 g/mol. The van der Waals surface area contributed by atoms with Crippen LogP contribution in [0.15, 0.2) is 67.3 Å². The van der Waals surface area contributed by atoms with Crippen LogP contribution in [0.3, 0.4) is 0 Å². The third-order valence-corrected chi connectivity index (χ3v) is 5.73. The van der Waals surface area contributed by atoms with E-state index in [1.807, 2.05) is 36.4 Å². The maximum atomic E-state index is 6.11. The standard InChI is InChI=1S/C25H21N11O2/c26-16-7-3-1-5-12(16)20-33-18(28)24(35-20)37-22-14-9-30-10-15(14)23(32-11-31-22)38-25-19(29)34-21(36-25)13-6-2-4-8-17(13)27/h1-11H,26-29H2,(H,33,35)(H,34,36). The van der Waals surface area contributed by atoms with Crippen LogP contribution in [-0.2, 0) is 0 Å². The number of hydrogen-bond donors (Lipinski definition) is 6. The summed E-state index contributed by atoms with van der Waals surface area (Å²) < 4.78 is 12.0. The number of benzene rings is 2. The van der Waals surface area contributed by atoms with Crippen molar-refractivity contribution in [3.8, 4) is 57.4 Å². The van der Waals surface area contributed by atoms with Gasteiger partial charge in [-0.25, -0.2) is 19.9 Å². The fourth-order valence-electron chi connectivity index (χ4n) is 3.87. The number of fused-ring (bicyclic) bond motifs is 1. The molecule has 0 saturated heterocycles. The molecule has 2 aliphatic heterocycles.